The van der Waals surface area contributed by atoms with Crippen LogP contribution in [0.2, 0.25) is 0 Å². The van der Waals surface area contributed by atoms with Crippen LogP contribution >= 0.6 is 0 Å². The van der Waals surface area contributed by atoms with Gasteiger partial charge in [0.15, 0.2) is 6.10 Å². The summed E-state index contributed by atoms with van der Waals surface area (Å²) in [6, 6.07) is 8.43. The normalized spacial score (nSPS) is 36.3. The molecule has 6 aliphatic rings. The Labute approximate surface area is 385 Å². The number of amides is 1. The first-order valence-corrected chi connectivity index (χ1v) is 22.9. The molecule has 1 aliphatic carbocycles. The Balaban J connectivity index is 0.00000129. The molecule has 2 saturated heterocycles. The highest BCUT2D eigenvalue weighted by Gasteiger charge is 2.81. The number of hydrogen-bond acceptors (Lipinski definition) is 14. The molecule has 10 atom stereocenters. The van der Waals surface area contributed by atoms with Gasteiger partial charge in [-0.2, -0.15) is 8.42 Å². The zero-order valence-corrected chi connectivity index (χ0v) is 37.2. The summed E-state index contributed by atoms with van der Waals surface area (Å²) in [4.78, 5) is 66.5. The molecule has 9 rings (SSSR count). The molecular weight excluding hydrogens is 865 g/mol. The van der Waals surface area contributed by atoms with Crippen molar-refractivity contribution < 1.29 is 74.1 Å². The molecule has 19 heteroatoms. The summed E-state index contributed by atoms with van der Waals surface area (Å²) in [6.45, 7) is 2.50. The number of carbonyl (C=O) groups excluding carboxylic acids is 4. The molecule has 0 radical (unpaired) electrons. The van der Waals surface area contributed by atoms with Gasteiger partial charge >= 0.3 is 28.3 Å². The lowest BCUT2D eigenvalue weighted by Crippen LogP contribution is -2.81. The molecule has 65 heavy (non-hydrogen) atoms. The number of methoxy groups -OCH3 is 3. The summed E-state index contributed by atoms with van der Waals surface area (Å²) in [5.74, 6) is -4.39. The molecule has 5 aliphatic heterocycles. The average molecular weight is 929 g/mol. The van der Waals surface area contributed by atoms with E-state index in [9.17, 15) is 24.6 Å². The maximum Gasteiger partial charge on any atom is 0.394 e. The van der Waals surface area contributed by atoms with Crippen LogP contribution in [0.3, 0.4) is 0 Å². The number of piperidine rings is 1. The van der Waals surface area contributed by atoms with Crippen LogP contribution < -0.4 is 9.64 Å². The van der Waals surface area contributed by atoms with Gasteiger partial charge in [-0.25, -0.2) is 4.79 Å². The molecule has 6 heterocycles. The van der Waals surface area contributed by atoms with Crippen LogP contribution in [0.25, 0.3) is 10.9 Å². The van der Waals surface area contributed by atoms with E-state index in [1.165, 1.54) is 18.1 Å². The number of carbonyl (C=O) groups is 4. The number of nitrogens with zero attached hydrogens (tertiary/aromatic N) is 3. The predicted octanol–water partition coefficient (Wildman–Crippen LogP) is 2.86. The fourth-order valence-corrected chi connectivity index (χ4v) is 13.2. The minimum absolute atomic E-state index is 0.0487. The number of ether oxygens (including phenoxy) is 4. The predicted molar refractivity (Wildman–Crippen MR) is 235 cm³/mol. The topological polar surface area (TPSA) is 246 Å². The third-order valence-corrected chi connectivity index (χ3v) is 15.3. The van der Waals surface area contributed by atoms with Gasteiger partial charge in [-0.3, -0.25) is 33.3 Å². The van der Waals surface area contributed by atoms with E-state index in [1.807, 2.05) is 37.3 Å². The van der Waals surface area contributed by atoms with Gasteiger partial charge in [0.25, 0.3) is 0 Å². The fourth-order valence-electron chi connectivity index (χ4n) is 13.2. The Bertz CT molecular complexity index is 2780. The standard InChI is InChI=1S/C46H56N4O10.H2O4S/c1-7-42(55)22-28-23-45(40(53)58-5,36-30(14-18-48(24-28)25-42)29-12-9-10-13-33(29)47-36)32-20-31-34(21-35(32)57-4)50(26-51)38-44(31)16-19-49-17-11-15-43(8-2,37(44)49)39(60-27(3)52)46(38,56)41(54)59-6;1-5(2,3)4/h9-13,15,20-21,26,28,37-39,47,55-56H,7-8,14,16-19,22-25H2,1-6H3;(H2,1,2,3,4)/t28-,37+,38-,39-,42+,43-,44-,45+,46+;/m1./s1/i3D3,5D3;. The van der Waals surface area contributed by atoms with E-state index in [4.69, 9.17) is 44.7 Å². The lowest BCUT2D eigenvalue weighted by molar-refractivity contribution is -0.228. The highest BCUT2D eigenvalue weighted by atomic mass is 32.3. The van der Waals surface area contributed by atoms with Gasteiger partial charge in [0, 0.05) is 82.2 Å². The first-order chi connectivity index (χ1) is 33.1. The number of anilines is 1. The third kappa shape index (κ3) is 6.90. The maximum atomic E-state index is 15.6. The van der Waals surface area contributed by atoms with Gasteiger partial charge in [-0.1, -0.05) is 44.2 Å². The van der Waals surface area contributed by atoms with Gasteiger partial charge in [0.2, 0.25) is 12.0 Å². The zero-order chi connectivity index (χ0) is 52.1. The van der Waals surface area contributed by atoms with Crippen molar-refractivity contribution >= 4 is 51.3 Å². The number of aromatic nitrogens is 1. The lowest BCUT2D eigenvalue weighted by Gasteiger charge is -2.63. The SMILES string of the molecule is O=S(=O)(O)O.[2H]C([2H])([2H])OC(=O)[C@]1(c2cc3c(cc2OC)N(C=O)[C@H]2[C@@](O)(C(=O)OC)[C@H](OC(=O)C([2H])([2H])[2H])[C@]4(CC)C=CCN5CC[C@]32[C@@H]54)C[C@@H]2CN(CCc3c1[nH]c1ccccc31)C[C@](O)(CC)C2. The molecule has 3 aromatic rings. The quantitative estimate of drug-likeness (QED) is 0.0717. The number of fused-ring (bicyclic) bond motifs is 6. The van der Waals surface area contributed by atoms with Crippen molar-refractivity contribution in [2.45, 2.75) is 99.4 Å². The number of benzene rings is 2. The highest BCUT2D eigenvalue weighted by Crippen LogP contribution is 2.68. The Morgan fingerprint density at radius 2 is 1.75 bits per heavy atom. The number of para-hydroxylation sites is 1. The molecule has 1 amide bonds. The highest BCUT2D eigenvalue weighted by molar-refractivity contribution is 7.79. The van der Waals surface area contributed by atoms with Gasteiger partial charge in [-0.15, -0.1) is 0 Å². The van der Waals surface area contributed by atoms with E-state index in [0.717, 1.165) is 18.1 Å². The van der Waals surface area contributed by atoms with E-state index in [2.05, 4.69) is 14.8 Å². The summed E-state index contributed by atoms with van der Waals surface area (Å²) in [5, 5.41) is 26.2. The van der Waals surface area contributed by atoms with Crippen molar-refractivity contribution in [3.63, 3.8) is 0 Å². The number of esters is 3. The number of hydrogen-bond donors (Lipinski definition) is 5. The fraction of sp³-hybridized carbons (Fsp3) is 0.565. The number of rotatable bonds is 8. The largest absolute Gasteiger partial charge is 0.496 e. The van der Waals surface area contributed by atoms with Crippen LogP contribution in [0, 0.1) is 11.3 Å². The van der Waals surface area contributed by atoms with E-state index >= 15 is 4.79 Å². The van der Waals surface area contributed by atoms with Gasteiger partial charge in [-0.05, 0) is 74.2 Å². The van der Waals surface area contributed by atoms with Crippen molar-refractivity contribution in [3.8, 4) is 5.75 Å². The zero-order valence-electron chi connectivity index (χ0n) is 42.4. The molecule has 18 nitrogen and oxygen atoms in total. The van der Waals surface area contributed by atoms with Crippen LogP contribution in [0.4, 0.5) is 5.69 Å². The summed E-state index contributed by atoms with van der Waals surface area (Å²) in [6.07, 6.45) is 3.51. The number of aliphatic hydroxyl groups is 2. The monoisotopic (exact) mass is 928 g/mol. The second-order valence-corrected chi connectivity index (χ2v) is 19.1. The average Bonchev–Trinajstić information content (AvgIpc) is 3.97. The molecular formula is C46H58N4O14S. The molecule has 1 unspecified atom stereocenters. The van der Waals surface area contributed by atoms with Crippen LogP contribution in [0.5, 0.6) is 5.75 Å². The minimum Gasteiger partial charge on any atom is -0.496 e. The molecule has 1 aromatic heterocycles. The first kappa shape index (κ1) is 39.3. The first-order valence-electron chi connectivity index (χ1n) is 24.5. The molecule has 5 N–H and O–H groups in total. The number of H-pyrrole nitrogens is 1. The van der Waals surface area contributed by atoms with Crippen molar-refractivity contribution in [2.24, 2.45) is 11.3 Å². The van der Waals surface area contributed by atoms with E-state index in [-0.39, 0.29) is 42.7 Å². The van der Waals surface area contributed by atoms with Crippen molar-refractivity contribution in [1.82, 2.24) is 14.8 Å². The molecule has 2 bridgehead atoms. The van der Waals surface area contributed by atoms with E-state index in [1.54, 1.807) is 19.1 Å². The van der Waals surface area contributed by atoms with Crippen LogP contribution in [-0.2, 0) is 61.0 Å². The Morgan fingerprint density at radius 1 is 1.00 bits per heavy atom. The van der Waals surface area contributed by atoms with Gasteiger partial charge in [0.05, 0.1) is 42.7 Å². The molecule has 2 aromatic carbocycles. The summed E-state index contributed by atoms with van der Waals surface area (Å²) in [7, 11) is -5.46. The summed E-state index contributed by atoms with van der Waals surface area (Å²) < 4.78 is 103. The van der Waals surface area contributed by atoms with E-state index in [0.29, 0.717) is 68.7 Å². The summed E-state index contributed by atoms with van der Waals surface area (Å²) in [5.41, 5.74) is -6.33. The minimum atomic E-state index is -4.67. The van der Waals surface area contributed by atoms with E-state index < -0.39 is 93.7 Å². The Hall–Kier alpha value is -4.89. The molecule has 352 valence electrons. The van der Waals surface area contributed by atoms with Crippen molar-refractivity contribution in [3.05, 3.63) is 70.9 Å². The smallest absolute Gasteiger partial charge is 0.394 e. The van der Waals surface area contributed by atoms with Gasteiger partial charge < -0.3 is 39.0 Å². The number of nitrogens with one attached hydrogen (secondary N) is 1. The second-order valence-electron chi connectivity index (χ2n) is 18.2. The third-order valence-electron chi connectivity index (χ3n) is 15.3. The molecule has 1 spiro atoms. The molecule has 3 fully saturated rings. The maximum absolute atomic E-state index is 15.6. The van der Waals surface area contributed by atoms with Crippen LogP contribution in [0.1, 0.15) is 83.4 Å². The Kier molecular flexibility index (Phi) is 9.95. The van der Waals surface area contributed by atoms with Crippen LogP contribution in [0.15, 0.2) is 48.6 Å². The number of aromatic amines is 1. The Morgan fingerprint density at radius 3 is 2.42 bits per heavy atom. The second kappa shape index (κ2) is 16.5. The molecule has 1 saturated carbocycles. The van der Waals surface area contributed by atoms with Crippen LogP contribution in [-0.4, -0.2) is 150 Å². The summed E-state index contributed by atoms with van der Waals surface area (Å²) >= 11 is 0. The van der Waals surface area contributed by atoms with Crippen molar-refractivity contribution in [2.75, 3.05) is 58.9 Å². The lowest BCUT2D eigenvalue weighted by atomic mass is 9.47. The van der Waals surface area contributed by atoms with Gasteiger partial charge in [0.1, 0.15) is 11.2 Å². The van der Waals surface area contributed by atoms with Crippen molar-refractivity contribution in [1.29, 1.82) is 0 Å².